The zero-order chi connectivity index (χ0) is 34.2. The maximum absolute atomic E-state index is 12.7. The largest absolute Gasteiger partial charge is 0.348 e. The van der Waals surface area contributed by atoms with Crippen LogP contribution in [0.1, 0.15) is 44.7 Å². The van der Waals surface area contributed by atoms with E-state index < -0.39 is 0 Å². The molecule has 0 heterocycles. The molecule has 3 rings (SSSR count). The van der Waals surface area contributed by atoms with E-state index in [1.165, 1.54) is 0 Å². The lowest BCUT2D eigenvalue weighted by atomic mass is 9.51. The summed E-state index contributed by atoms with van der Waals surface area (Å²) in [4.78, 5) is 49.5. The van der Waals surface area contributed by atoms with Crippen molar-refractivity contribution in [2.24, 2.45) is 0 Å². The van der Waals surface area contributed by atoms with Crippen molar-refractivity contribution in [2.45, 2.75) is 45.9 Å². The van der Waals surface area contributed by atoms with Gasteiger partial charge in [0.15, 0.2) is 0 Å². The van der Waals surface area contributed by atoms with E-state index in [4.69, 9.17) is 0 Å². The first kappa shape index (κ1) is 36.6. The highest BCUT2D eigenvalue weighted by Crippen LogP contribution is 2.12. The van der Waals surface area contributed by atoms with Crippen LogP contribution in [0.2, 0.25) is 20.0 Å². The van der Waals surface area contributed by atoms with Gasteiger partial charge in [-0.1, -0.05) is 44.2 Å². The first-order chi connectivity index (χ1) is 22.4. The molecule has 0 aromatic heterocycles. The summed E-state index contributed by atoms with van der Waals surface area (Å²) in [6, 6.07) is 20.5. The second kappa shape index (κ2) is 18.3. The summed E-state index contributed by atoms with van der Waals surface area (Å²) in [6.07, 6.45) is 2.90. The highest BCUT2D eigenvalue weighted by Gasteiger charge is 2.11. The topological polar surface area (TPSA) is 140 Å². The number of quaternary nitrogens is 1. The molecule has 0 aliphatic carbocycles. The molecule has 12 heteroatoms. The van der Waals surface area contributed by atoms with Crippen molar-refractivity contribution in [1.82, 2.24) is 21.3 Å². The fourth-order valence-electron chi connectivity index (χ4n) is 4.57. The zero-order valence-electron chi connectivity index (χ0n) is 28.2. The predicted molar refractivity (Wildman–Crippen MR) is 190 cm³/mol. The first-order valence-corrected chi connectivity index (χ1v) is 16.1. The van der Waals surface area contributed by atoms with Crippen LogP contribution in [0.15, 0.2) is 72.8 Å². The molecule has 11 nitrogen and oxygen atoms in total. The average molecular weight is 643 g/mol. The van der Waals surface area contributed by atoms with Gasteiger partial charge in [-0.05, 0) is 66.1 Å². The van der Waals surface area contributed by atoms with Crippen molar-refractivity contribution in [2.75, 3.05) is 51.4 Å². The highest BCUT2D eigenvalue weighted by atomic mass is 16.2. The Bertz CT molecular complexity index is 1460. The summed E-state index contributed by atoms with van der Waals surface area (Å²) in [6.45, 7) is 7.76. The molecule has 0 aliphatic heterocycles. The molecule has 3 aromatic rings. The van der Waals surface area contributed by atoms with Crippen LogP contribution in [0.3, 0.4) is 0 Å². The van der Waals surface area contributed by atoms with Gasteiger partial charge >= 0.3 is 12.1 Å². The van der Waals surface area contributed by atoms with E-state index in [1.54, 1.807) is 48.5 Å². The predicted octanol–water partition coefficient (Wildman–Crippen LogP) is 5.03. The van der Waals surface area contributed by atoms with E-state index in [0.717, 1.165) is 41.3 Å². The Morgan fingerprint density at radius 1 is 0.574 bits per heavy atom. The molecule has 0 unspecified atom stereocenters. The third kappa shape index (κ3) is 14.4. The summed E-state index contributed by atoms with van der Waals surface area (Å²) in [5, 5.41) is 17.1. The standard InChI is InChI=1S/C35H48BN7O4/c1-36(2)20-6-21-37-34(46)41-30-16-8-26(9-17-30)24-39-32(44)28-12-14-29(15-13-28)33(45)40-25-27-10-18-31(19-11-27)42-35(47)38-22-7-23-43(3,4)5/h8-19H,6-7,20-25H2,1-5H3,(H5-,37,38,39,40,41,42,44,45,46,47)/p+1. The quantitative estimate of drug-likeness (QED) is 0.0741. The van der Waals surface area contributed by atoms with Crippen molar-refractivity contribution < 1.29 is 23.7 Å². The molecule has 6 amide bonds. The molecule has 0 bridgehead atoms. The molecule has 6 N–H and O–H groups in total. The molecule has 0 radical (unpaired) electrons. The van der Waals surface area contributed by atoms with Gasteiger partial charge in [0.1, 0.15) is 6.71 Å². The first-order valence-electron chi connectivity index (χ1n) is 16.1. The van der Waals surface area contributed by atoms with Gasteiger partial charge in [-0.15, -0.1) is 0 Å². The maximum atomic E-state index is 12.7. The number of nitrogens with one attached hydrogen (secondary N) is 6. The summed E-state index contributed by atoms with van der Waals surface area (Å²) in [7, 11) is 6.35. The number of carbonyl (C=O) groups is 4. The van der Waals surface area contributed by atoms with Crippen LogP contribution in [0.25, 0.3) is 0 Å². The number of hydrogen-bond acceptors (Lipinski definition) is 4. The van der Waals surface area contributed by atoms with Crippen molar-refractivity contribution in [3.8, 4) is 0 Å². The van der Waals surface area contributed by atoms with E-state index in [2.05, 4.69) is 66.7 Å². The van der Waals surface area contributed by atoms with Crippen LogP contribution in [-0.4, -0.2) is 75.8 Å². The van der Waals surface area contributed by atoms with E-state index in [9.17, 15) is 19.2 Å². The van der Waals surface area contributed by atoms with Gasteiger partial charge in [0.2, 0.25) is 0 Å². The number of urea groups is 2. The summed E-state index contributed by atoms with van der Waals surface area (Å²) >= 11 is 0. The lowest BCUT2D eigenvalue weighted by molar-refractivity contribution is -0.870. The number of benzene rings is 3. The van der Waals surface area contributed by atoms with Crippen molar-refractivity contribution >= 4 is 42.0 Å². The number of amides is 6. The summed E-state index contributed by atoms with van der Waals surface area (Å²) < 4.78 is 0.850. The molecule has 47 heavy (non-hydrogen) atoms. The zero-order valence-corrected chi connectivity index (χ0v) is 28.2. The molecular formula is C35H49BN7O4+. The van der Waals surface area contributed by atoms with E-state index >= 15 is 0 Å². The normalized spacial score (nSPS) is 10.8. The minimum atomic E-state index is -0.259. The third-order valence-electron chi connectivity index (χ3n) is 7.27. The van der Waals surface area contributed by atoms with Crippen LogP contribution in [0.4, 0.5) is 21.0 Å². The van der Waals surface area contributed by atoms with Crippen LogP contribution in [0, 0.1) is 0 Å². The molecule has 250 valence electrons. The van der Waals surface area contributed by atoms with Crippen LogP contribution in [0.5, 0.6) is 0 Å². The lowest BCUT2D eigenvalue weighted by Gasteiger charge is -2.23. The van der Waals surface area contributed by atoms with Gasteiger partial charge in [-0.2, -0.15) is 0 Å². The average Bonchev–Trinajstić information content (AvgIpc) is 3.04. The Balaban J connectivity index is 1.37. The molecule has 0 atom stereocenters. The van der Waals surface area contributed by atoms with E-state index in [1.807, 2.05) is 24.3 Å². The van der Waals surface area contributed by atoms with Crippen LogP contribution >= 0.6 is 0 Å². The summed E-state index contributed by atoms with van der Waals surface area (Å²) in [5.41, 5.74) is 3.98. The fourth-order valence-corrected chi connectivity index (χ4v) is 4.57. The van der Waals surface area contributed by atoms with E-state index in [-0.39, 0.29) is 23.9 Å². The minimum absolute atomic E-state index is 0.238. The fraction of sp³-hybridized carbons (Fsp3) is 0.371. The van der Waals surface area contributed by atoms with Gasteiger partial charge in [0, 0.05) is 55.1 Å². The molecule has 0 spiro atoms. The third-order valence-corrected chi connectivity index (χ3v) is 7.27. The number of rotatable bonds is 16. The number of nitrogens with zero attached hydrogens (tertiary/aromatic N) is 1. The number of anilines is 2. The van der Waals surface area contributed by atoms with Crippen molar-refractivity contribution in [1.29, 1.82) is 0 Å². The van der Waals surface area contributed by atoms with Gasteiger partial charge in [-0.25, -0.2) is 9.59 Å². The Labute approximate surface area is 278 Å². The summed E-state index contributed by atoms with van der Waals surface area (Å²) in [5.74, 6) is -0.517. The molecular weight excluding hydrogens is 593 g/mol. The second-order valence-corrected chi connectivity index (χ2v) is 13.0. The Kier molecular flexibility index (Phi) is 14.3. The smallest absolute Gasteiger partial charge is 0.319 e. The molecule has 0 fully saturated rings. The molecule has 0 saturated heterocycles. The number of carbonyl (C=O) groups excluding carboxylic acids is 4. The Morgan fingerprint density at radius 3 is 1.36 bits per heavy atom. The van der Waals surface area contributed by atoms with Crippen molar-refractivity contribution in [3.63, 3.8) is 0 Å². The molecule has 0 aliphatic rings. The van der Waals surface area contributed by atoms with Crippen molar-refractivity contribution in [3.05, 3.63) is 95.1 Å². The van der Waals surface area contributed by atoms with Crippen LogP contribution in [-0.2, 0) is 13.1 Å². The van der Waals surface area contributed by atoms with E-state index in [0.29, 0.717) is 55.4 Å². The monoisotopic (exact) mass is 642 g/mol. The van der Waals surface area contributed by atoms with Gasteiger partial charge < -0.3 is 36.4 Å². The Morgan fingerprint density at radius 2 is 0.979 bits per heavy atom. The lowest BCUT2D eigenvalue weighted by Crippen LogP contribution is -2.38. The van der Waals surface area contributed by atoms with Gasteiger partial charge in [0.05, 0.1) is 27.7 Å². The van der Waals surface area contributed by atoms with Gasteiger partial charge in [-0.3, -0.25) is 9.59 Å². The molecule has 3 aromatic carbocycles. The minimum Gasteiger partial charge on any atom is -0.348 e. The highest BCUT2D eigenvalue weighted by molar-refractivity contribution is 6.55. The second-order valence-electron chi connectivity index (χ2n) is 13.0. The maximum Gasteiger partial charge on any atom is 0.319 e. The number of hydrogen-bond donors (Lipinski definition) is 6. The molecule has 0 saturated carbocycles. The van der Waals surface area contributed by atoms with Gasteiger partial charge in [0.25, 0.3) is 11.8 Å². The van der Waals surface area contributed by atoms with Crippen LogP contribution < -0.4 is 31.9 Å². The Hall–Kier alpha value is -4.84. The SMILES string of the molecule is CB(C)CCCNC(=O)Nc1ccc(CNC(=O)c2ccc(C(=O)NCc3ccc(NC(=O)NCCC[N+](C)(C)C)cc3)cc2)cc1.